The summed E-state index contributed by atoms with van der Waals surface area (Å²) in [6.45, 7) is 4.05. The van der Waals surface area contributed by atoms with Crippen LogP contribution in [0.4, 0.5) is 0 Å². The lowest BCUT2D eigenvalue weighted by Crippen LogP contribution is -2.55. The maximum atomic E-state index is 10.1. The predicted molar refractivity (Wildman–Crippen MR) is 75.5 cm³/mol. The topological polar surface area (TPSA) is 68.2 Å². The van der Waals surface area contributed by atoms with Gasteiger partial charge in [-0.15, -0.1) is 0 Å². The van der Waals surface area contributed by atoms with Gasteiger partial charge in [0.1, 0.15) is 18.3 Å². The molecule has 1 aliphatic carbocycles. The lowest BCUT2D eigenvalue weighted by molar-refractivity contribution is -0.160. The Morgan fingerprint density at radius 1 is 1.14 bits per heavy atom. The van der Waals surface area contributed by atoms with Crippen molar-refractivity contribution in [2.75, 3.05) is 0 Å². The van der Waals surface area contributed by atoms with E-state index in [2.05, 4.69) is 0 Å². The molecule has 2 fully saturated rings. The average molecular weight is 294 g/mol. The number of fused-ring (bicyclic) bond motifs is 1. The molecule has 116 valence electrons. The predicted octanol–water partition coefficient (Wildman–Crippen LogP) is 1.22. The van der Waals surface area contributed by atoms with E-state index in [0.717, 1.165) is 5.56 Å². The molecule has 2 aliphatic rings. The Balaban J connectivity index is 1.69. The number of aliphatic hydroxyl groups excluding tert-OH is 2. The zero-order chi connectivity index (χ0) is 15.0. The van der Waals surface area contributed by atoms with Crippen molar-refractivity contribution in [3.05, 3.63) is 35.9 Å². The summed E-state index contributed by atoms with van der Waals surface area (Å²) in [5, 5.41) is 20.1. The normalized spacial score (nSPS) is 38.2. The van der Waals surface area contributed by atoms with Crippen LogP contribution in [0.1, 0.15) is 25.8 Å². The molecule has 1 saturated carbocycles. The van der Waals surface area contributed by atoms with Crippen LogP contribution in [0.5, 0.6) is 0 Å². The second-order valence-corrected chi connectivity index (χ2v) is 6.19. The van der Waals surface area contributed by atoms with Gasteiger partial charge in [0.05, 0.1) is 18.8 Å². The van der Waals surface area contributed by atoms with Crippen molar-refractivity contribution < 1.29 is 24.4 Å². The summed E-state index contributed by atoms with van der Waals surface area (Å²) in [6.07, 6.45) is -2.66. The van der Waals surface area contributed by atoms with Crippen molar-refractivity contribution in [2.24, 2.45) is 0 Å². The number of ether oxygens (including phenoxy) is 3. The van der Waals surface area contributed by atoms with Gasteiger partial charge in [-0.25, -0.2) is 0 Å². The quantitative estimate of drug-likeness (QED) is 0.877. The van der Waals surface area contributed by atoms with Crippen LogP contribution in [0.15, 0.2) is 30.3 Å². The largest absolute Gasteiger partial charge is 0.390 e. The molecule has 0 unspecified atom stereocenters. The molecule has 1 aromatic carbocycles. The van der Waals surface area contributed by atoms with Gasteiger partial charge in [0, 0.05) is 6.42 Å². The first-order valence-corrected chi connectivity index (χ1v) is 7.33. The van der Waals surface area contributed by atoms with Crippen LogP contribution < -0.4 is 0 Å². The summed E-state index contributed by atoms with van der Waals surface area (Å²) in [6, 6.07) is 9.85. The third-order valence-electron chi connectivity index (χ3n) is 4.04. The molecular weight excluding hydrogens is 272 g/mol. The number of hydrogen-bond donors (Lipinski definition) is 2. The second-order valence-electron chi connectivity index (χ2n) is 6.19. The molecule has 1 heterocycles. The standard InChI is InChI=1S/C16H22O5/c1-16(2)20-14-12(8-11(17)13(18)15(14)21-16)19-9-10-6-4-3-5-7-10/h3-7,11-15,17-18H,8-9H2,1-2H3/t11-,12+,13+,14+,15-/m1/s1. The van der Waals surface area contributed by atoms with Gasteiger partial charge in [0.25, 0.3) is 0 Å². The molecule has 5 heteroatoms. The van der Waals surface area contributed by atoms with E-state index >= 15 is 0 Å². The molecule has 1 aromatic rings. The molecule has 1 aliphatic heterocycles. The van der Waals surface area contributed by atoms with Crippen molar-refractivity contribution in [3.8, 4) is 0 Å². The monoisotopic (exact) mass is 294 g/mol. The fourth-order valence-electron chi connectivity index (χ4n) is 3.04. The zero-order valence-electron chi connectivity index (χ0n) is 12.3. The van der Waals surface area contributed by atoms with E-state index in [9.17, 15) is 10.2 Å². The van der Waals surface area contributed by atoms with Gasteiger partial charge in [-0.1, -0.05) is 30.3 Å². The summed E-state index contributed by atoms with van der Waals surface area (Å²) in [5.41, 5.74) is 1.06. The van der Waals surface area contributed by atoms with E-state index < -0.39 is 24.1 Å². The minimum absolute atomic E-state index is 0.296. The fourth-order valence-corrected chi connectivity index (χ4v) is 3.04. The lowest BCUT2D eigenvalue weighted by Gasteiger charge is -2.37. The molecule has 1 saturated heterocycles. The molecule has 3 rings (SSSR count). The maximum Gasteiger partial charge on any atom is 0.164 e. The van der Waals surface area contributed by atoms with Gasteiger partial charge in [-0.2, -0.15) is 0 Å². The number of benzene rings is 1. The lowest BCUT2D eigenvalue weighted by atomic mass is 9.87. The third-order valence-corrected chi connectivity index (χ3v) is 4.04. The van der Waals surface area contributed by atoms with E-state index in [1.54, 1.807) is 13.8 Å². The average Bonchev–Trinajstić information content (AvgIpc) is 2.79. The first kappa shape index (κ1) is 14.9. The summed E-state index contributed by atoms with van der Waals surface area (Å²) in [5.74, 6) is -0.769. The van der Waals surface area contributed by atoms with E-state index in [-0.39, 0.29) is 12.2 Å². The SMILES string of the molecule is CC1(C)O[C@@H]2[C@@H](O)[C@H](O)C[C@H](OCc3ccccc3)[C@@H]2O1. The number of aliphatic hydroxyl groups is 2. The second kappa shape index (κ2) is 5.66. The smallest absolute Gasteiger partial charge is 0.164 e. The Labute approximate surface area is 124 Å². The van der Waals surface area contributed by atoms with Crippen molar-refractivity contribution in [1.29, 1.82) is 0 Å². The Bertz CT molecular complexity index is 475. The highest BCUT2D eigenvalue weighted by Crippen LogP contribution is 2.38. The summed E-state index contributed by atoms with van der Waals surface area (Å²) in [7, 11) is 0. The van der Waals surface area contributed by atoms with Crippen molar-refractivity contribution in [2.45, 2.75) is 63.2 Å². The van der Waals surface area contributed by atoms with Gasteiger partial charge >= 0.3 is 0 Å². The van der Waals surface area contributed by atoms with E-state index in [4.69, 9.17) is 14.2 Å². The Morgan fingerprint density at radius 2 is 1.81 bits per heavy atom. The van der Waals surface area contributed by atoms with Crippen molar-refractivity contribution in [1.82, 2.24) is 0 Å². The summed E-state index contributed by atoms with van der Waals surface area (Å²) < 4.78 is 17.5. The highest BCUT2D eigenvalue weighted by atomic mass is 16.8. The van der Waals surface area contributed by atoms with E-state index in [1.165, 1.54) is 0 Å². The highest BCUT2D eigenvalue weighted by Gasteiger charge is 2.54. The molecule has 0 amide bonds. The molecular formula is C16H22O5. The van der Waals surface area contributed by atoms with Gasteiger partial charge in [0.15, 0.2) is 5.79 Å². The molecule has 0 spiro atoms. The van der Waals surface area contributed by atoms with Gasteiger partial charge in [0.2, 0.25) is 0 Å². The van der Waals surface area contributed by atoms with Crippen LogP contribution in [0.2, 0.25) is 0 Å². The minimum Gasteiger partial charge on any atom is -0.390 e. The number of rotatable bonds is 3. The minimum atomic E-state index is -0.937. The summed E-state index contributed by atoms with van der Waals surface area (Å²) >= 11 is 0. The zero-order valence-corrected chi connectivity index (χ0v) is 12.3. The van der Waals surface area contributed by atoms with Gasteiger partial charge < -0.3 is 24.4 Å². The Kier molecular flexibility index (Phi) is 4.03. The Hall–Kier alpha value is -0.980. The molecule has 2 N–H and O–H groups in total. The van der Waals surface area contributed by atoms with Crippen molar-refractivity contribution in [3.63, 3.8) is 0 Å². The molecule has 5 nitrogen and oxygen atoms in total. The number of hydrogen-bond acceptors (Lipinski definition) is 5. The fraction of sp³-hybridized carbons (Fsp3) is 0.625. The summed E-state index contributed by atoms with van der Waals surface area (Å²) in [4.78, 5) is 0. The molecule has 0 bridgehead atoms. The maximum absolute atomic E-state index is 10.1. The van der Waals surface area contributed by atoms with E-state index in [0.29, 0.717) is 13.0 Å². The van der Waals surface area contributed by atoms with Crippen LogP contribution in [-0.2, 0) is 20.8 Å². The van der Waals surface area contributed by atoms with Crippen LogP contribution in [-0.4, -0.2) is 46.5 Å². The van der Waals surface area contributed by atoms with Crippen molar-refractivity contribution >= 4 is 0 Å². The van der Waals surface area contributed by atoms with E-state index in [1.807, 2.05) is 30.3 Å². The Morgan fingerprint density at radius 3 is 2.52 bits per heavy atom. The highest BCUT2D eigenvalue weighted by molar-refractivity contribution is 5.13. The van der Waals surface area contributed by atoms with Crippen LogP contribution in [0.25, 0.3) is 0 Å². The first-order chi connectivity index (χ1) is 9.96. The molecule has 21 heavy (non-hydrogen) atoms. The van der Waals surface area contributed by atoms with Crippen LogP contribution in [0.3, 0.4) is 0 Å². The van der Waals surface area contributed by atoms with Gasteiger partial charge in [-0.3, -0.25) is 0 Å². The third kappa shape index (κ3) is 3.12. The van der Waals surface area contributed by atoms with Crippen LogP contribution >= 0.6 is 0 Å². The molecule has 0 radical (unpaired) electrons. The first-order valence-electron chi connectivity index (χ1n) is 7.33. The van der Waals surface area contributed by atoms with Crippen LogP contribution in [0, 0.1) is 0 Å². The molecule has 5 atom stereocenters. The molecule has 0 aromatic heterocycles. The van der Waals surface area contributed by atoms with Gasteiger partial charge in [-0.05, 0) is 19.4 Å².